The van der Waals surface area contributed by atoms with Crippen molar-refractivity contribution >= 4 is 15.7 Å². The van der Waals surface area contributed by atoms with Gasteiger partial charge in [0.15, 0.2) is 9.84 Å². The van der Waals surface area contributed by atoms with Gasteiger partial charge < -0.3 is 9.64 Å². The van der Waals surface area contributed by atoms with Crippen molar-refractivity contribution in [1.82, 2.24) is 4.90 Å². The summed E-state index contributed by atoms with van der Waals surface area (Å²) in [5.41, 5.74) is -0.500. The van der Waals surface area contributed by atoms with Gasteiger partial charge in [-0.05, 0) is 6.42 Å². The quantitative estimate of drug-likeness (QED) is 0.758. The summed E-state index contributed by atoms with van der Waals surface area (Å²) in [5.74, 6) is 0.249. The predicted octanol–water partition coefficient (Wildman–Crippen LogP) is 0.695. The highest BCUT2D eigenvalue weighted by molar-refractivity contribution is 7.91. The van der Waals surface area contributed by atoms with Crippen LogP contribution in [0.2, 0.25) is 0 Å². The number of amides is 1. The second kappa shape index (κ2) is 5.57. The number of carbonyl (C=O) groups excluding carboxylic acids is 1. The van der Waals surface area contributed by atoms with E-state index in [0.717, 1.165) is 0 Å². The number of hydrogen-bond donors (Lipinski definition) is 0. The van der Waals surface area contributed by atoms with Crippen molar-refractivity contribution in [2.45, 2.75) is 33.2 Å². The standard InChI is InChI=1S/C12H23NO4S/c1-12(2,3)11(14)13(6-7-17-4)10-5-8-18(15,16)9-10/h10H,5-9H2,1-4H3. The lowest BCUT2D eigenvalue weighted by Crippen LogP contribution is -2.47. The molecule has 1 aliphatic heterocycles. The SMILES string of the molecule is COCCN(C(=O)C(C)(C)C)C1CCS(=O)(=O)C1. The van der Waals surface area contributed by atoms with Gasteiger partial charge in [-0.25, -0.2) is 8.42 Å². The van der Waals surface area contributed by atoms with Gasteiger partial charge in [0.1, 0.15) is 0 Å². The van der Waals surface area contributed by atoms with Crippen LogP contribution in [0.1, 0.15) is 27.2 Å². The number of sulfone groups is 1. The maximum absolute atomic E-state index is 12.3. The molecule has 1 fully saturated rings. The minimum Gasteiger partial charge on any atom is -0.383 e. The molecule has 1 rings (SSSR count). The van der Waals surface area contributed by atoms with Gasteiger partial charge in [0.25, 0.3) is 0 Å². The Morgan fingerprint density at radius 3 is 2.39 bits per heavy atom. The summed E-state index contributed by atoms with van der Waals surface area (Å²) in [7, 11) is -1.40. The lowest BCUT2D eigenvalue weighted by atomic mass is 9.93. The van der Waals surface area contributed by atoms with Crippen LogP contribution < -0.4 is 0 Å². The topological polar surface area (TPSA) is 63.7 Å². The summed E-state index contributed by atoms with van der Waals surface area (Å²) >= 11 is 0. The molecule has 1 atom stereocenters. The number of nitrogens with zero attached hydrogens (tertiary/aromatic N) is 1. The molecule has 1 unspecified atom stereocenters. The van der Waals surface area contributed by atoms with Crippen molar-refractivity contribution in [3.8, 4) is 0 Å². The first-order chi connectivity index (χ1) is 8.17. The Labute approximate surface area is 109 Å². The van der Waals surface area contributed by atoms with E-state index < -0.39 is 15.3 Å². The number of ether oxygens (including phenoxy) is 1. The van der Waals surface area contributed by atoms with Crippen molar-refractivity contribution < 1.29 is 17.9 Å². The van der Waals surface area contributed by atoms with Gasteiger partial charge in [-0.2, -0.15) is 0 Å². The van der Waals surface area contributed by atoms with Crippen LogP contribution in [-0.4, -0.2) is 57.0 Å². The van der Waals surface area contributed by atoms with E-state index in [4.69, 9.17) is 4.74 Å². The van der Waals surface area contributed by atoms with E-state index in [1.54, 1.807) is 12.0 Å². The van der Waals surface area contributed by atoms with Gasteiger partial charge in [0.05, 0.1) is 18.1 Å². The third-order valence-electron chi connectivity index (χ3n) is 3.09. The minimum atomic E-state index is -2.98. The molecule has 0 bridgehead atoms. The Bertz CT molecular complexity index is 397. The van der Waals surface area contributed by atoms with Crippen LogP contribution in [0.25, 0.3) is 0 Å². The number of carbonyl (C=O) groups is 1. The molecule has 0 saturated carbocycles. The maximum Gasteiger partial charge on any atom is 0.228 e. The highest BCUT2D eigenvalue weighted by Crippen LogP contribution is 2.24. The molecule has 106 valence electrons. The van der Waals surface area contributed by atoms with E-state index in [1.165, 1.54) is 0 Å². The van der Waals surface area contributed by atoms with Gasteiger partial charge in [-0.1, -0.05) is 20.8 Å². The van der Waals surface area contributed by atoms with E-state index in [1.807, 2.05) is 20.8 Å². The van der Waals surface area contributed by atoms with Gasteiger partial charge in [0, 0.05) is 25.1 Å². The van der Waals surface area contributed by atoms with Crippen LogP contribution in [-0.2, 0) is 19.4 Å². The summed E-state index contributed by atoms with van der Waals surface area (Å²) in [4.78, 5) is 14.0. The molecular formula is C12H23NO4S. The molecule has 6 heteroatoms. The zero-order chi connectivity index (χ0) is 14.0. The fourth-order valence-electron chi connectivity index (χ4n) is 2.09. The van der Waals surface area contributed by atoms with Gasteiger partial charge in [-0.15, -0.1) is 0 Å². The van der Waals surface area contributed by atoms with E-state index in [-0.39, 0.29) is 23.5 Å². The molecule has 0 N–H and O–H groups in total. The fraction of sp³-hybridized carbons (Fsp3) is 0.917. The molecule has 0 aromatic rings. The van der Waals surface area contributed by atoms with E-state index in [2.05, 4.69) is 0 Å². The van der Waals surface area contributed by atoms with Crippen LogP contribution >= 0.6 is 0 Å². The second-order valence-corrected chi connectivity index (χ2v) is 8.03. The van der Waals surface area contributed by atoms with Crippen molar-refractivity contribution in [3.05, 3.63) is 0 Å². The molecule has 1 amide bonds. The smallest absolute Gasteiger partial charge is 0.228 e. The Morgan fingerprint density at radius 2 is 2.00 bits per heavy atom. The first kappa shape index (κ1) is 15.4. The first-order valence-corrected chi connectivity index (χ1v) is 8.00. The van der Waals surface area contributed by atoms with E-state index >= 15 is 0 Å². The van der Waals surface area contributed by atoms with E-state index in [9.17, 15) is 13.2 Å². The summed E-state index contributed by atoms with van der Waals surface area (Å²) in [6.07, 6.45) is 0.536. The molecule has 0 spiro atoms. The third-order valence-corrected chi connectivity index (χ3v) is 4.84. The Hall–Kier alpha value is -0.620. The van der Waals surface area contributed by atoms with Crippen molar-refractivity contribution in [1.29, 1.82) is 0 Å². The lowest BCUT2D eigenvalue weighted by Gasteiger charge is -2.33. The molecule has 1 heterocycles. The van der Waals surface area contributed by atoms with Crippen molar-refractivity contribution in [2.75, 3.05) is 31.8 Å². The Morgan fingerprint density at radius 1 is 1.39 bits per heavy atom. The van der Waals surface area contributed by atoms with Crippen molar-refractivity contribution in [2.24, 2.45) is 5.41 Å². The monoisotopic (exact) mass is 277 g/mol. The van der Waals surface area contributed by atoms with Gasteiger partial charge >= 0.3 is 0 Å². The first-order valence-electron chi connectivity index (χ1n) is 6.18. The van der Waals surface area contributed by atoms with Crippen LogP contribution in [0.5, 0.6) is 0 Å². The Kier molecular flexibility index (Phi) is 4.78. The highest BCUT2D eigenvalue weighted by atomic mass is 32.2. The zero-order valence-electron chi connectivity index (χ0n) is 11.6. The summed E-state index contributed by atoms with van der Waals surface area (Å²) in [5, 5.41) is 0. The molecule has 0 aromatic heterocycles. The highest BCUT2D eigenvalue weighted by Gasteiger charge is 2.37. The van der Waals surface area contributed by atoms with Gasteiger partial charge in [0.2, 0.25) is 5.91 Å². The number of hydrogen-bond acceptors (Lipinski definition) is 4. The molecule has 18 heavy (non-hydrogen) atoms. The number of rotatable bonds is 4. The molecule has 5 nitrogen and oxygen atoms in total. The molecule has 0 radical (unpaired) electrons. The molecule has 1 aliphatic rings. The molecule has 0 aromatic carbocycles. The molecule has 1 saturated heterocycles. The van der Waals surface area contributed by atoms with Gasteiger partial charge in [-0.3, -0.25) is 4.79 Å². The average Bonchev–Trinajstić information content (AvgIpc) is 2.58. The minimum absolute atomic E-state index is 0.0124. The largest absolute Gasteiger partial charge is 0.383 e. The fourth-order valence-corrected chi connectivity index (χ4v) is 3.82. The summed E-state index contributed by atoms with van der Waals surface area (Å²) in [6.45, 7) is 6.42. The molecular weight excluding hydrogens is 254 g/mol. The molecule has 0 aliphatic carbocycles. The predicted molar refractivity (Wildman–Crippen MR) is 70.1 cm³/mol. The van der Waals surface area contributed by atoms with Crippen LogP contribution in [0.4, 0.5) is 0 Å². The van der Waals surface area contributed by atoms with Crippen molar-refractivity contribution in [3.63, 3.8) is 0 Å². The summed E-state index contributed by atoms with van der Waals surface area (Å²) < 4.78 is 28.0. The second-order valence-electron chi connectivity index (χ2n) is 5.80. The lowest BCUT2D eigenvalue weighted by molar-refractivity contribution is -0.142. The average molecular weight is 277 g/mol. The summed E-state index contributed by atoms with van der Waals surface area (Å²) in [6, 6.07) is -0.197. The zero-order valence-corrected chi connectivity index (χ0v) is 12.4. The third kappa shape index (κ3) is 3.95. The normalized spacial score (nSPS) is 23.0. The Balaban J connectivity index is 2.82. The van der Waals surface area contributed by atoms with Crippen LogP contribution in [0.15, 0.2) is 0 Å². The number of methoxy groups -OCH3 is 1. The van der Waals surface area contributed by atoms with E-state index in [0.29, 0.717) is 19.6 Å². The maximum atomic E-state index is 12.3. The van der Waals surface area contributed by atoms with Crippen LogP contribution in [0.3, 0.4) is 0 Å². The van der Waals surface area contributed by atoms with Crippen LogP contribution in [0, 0.1) is 5.41 Å².